The Hall–Kier alpha value is -1.18. The molecular weight excluding hydrogens is 224 g/mol. The van der Waals surface area contributed by atoms with Gasteiger partial charge < -0.3 is 9.84 Å². The lowest BCUT2D eigenvalue weighted by Gasteiger charge is -2.29. The van der Waals surface area contributed by atoms with Crippen molar-refractivity contribution in [3.8, 4) is 0 Å². The van der Waals surface area contributed by atoms with Crippen molar-refractivity contribution in [1.82, 2.24) is 0 Å². The first-order valence-corrected chi connectivity index (χ1v) is 6.91. The molecular formula is C16H26O2. The molecule has 1 aliphatic heterocycles. The molecule has 0 bridgehead atoms. The number of aliphatic hydroxyl groups is 1. The molecule has 0 aromatic rings. The van der Waals surface area contributed by atoms with E-state index in [1.54, 1.807) is 6.92 Å². The molecule has 0 aromatic carbocycles. The molecule has 0 aromatic heterocycles. The summed E-state index contributed by atoms with van der Waals surface area (Å²) in [4.78, 5) is 0. The Labute approximate surface area is 111 Å². The second kappa shape index (κ2) is 6.67. The van der Waals surface area contributed by atoms with E-state index in [1.807, 2.05) is 13.8 Å². The molecule has 102 valence electrons. The lowest BCUT2D eigenvalue weighted by atomic mass is 9.92. The Kier molecular flexibility index (Phi) is 5.52. The summed E-state index contributed by atoms with van der Waals surface area (Å²) in [6.45, 7) is 10.00. The Morgan fingerprint density at radius 2 is 2.06 bits per heavy atom. The topological polar surface area (TPSA) is 29.5 Å². The van der Waals surface area contributed by atoms with Crippen LogP contribution in [-0.4, -0.2) is 11.2 Å². The average Bonchev–Trinajstić information content (AvgIpc) is 2.37. The minimum absolute atomic E-state index is 0.329. The average molecular weight is 250 g/mol. The summed E-state index contributed by atoms with van der Waals surface area (Å²) in [5.41, 5.74) is 3.28. The number of hydrogen-bond acceptors (Lipinski definition) is 2. The summed E-state index contributed by atoms with van der Waals surface area (Å²) in [5.74, 6) is 1.37. The molecule has 2 heteroatoms. The summed E-state index contributed by atoms with van der Waals surface area (Å²) in [6, 6.07) is 0. The molecule has 0 aliphatic carbocycles. The maximum absolute atomic E-state index is 9.69. The van der Waals surface area contributed by atoms with E-state index in [-0.39, 0.29) is 0 Å². The number of hydrogen-bond donors (Lipinski definition) is 1. The number of rotatable bonds is 4. The number of aliphatic hydroxyl groups excluding tert-OH is 1. The summed E-state index contributed by atoms with van der Waals surface area (Å²) >= 11 is 0. The SMILES string of the molecule is C/C=C(\C)C1=C(/C(C)=C(\C)O)CCC(CCC)O1. The zero-order valence-electron chi connectivity index (χ0n) is 12.3. The predicted molar refractivity (Wildman–Crippen MR) is 76.5 cm³/mol. The van der Waals surface area contributed by atoms with Crippen molar-refractivity contribution >= 4 is 0 Å². The minimum atomic E-state index is 0.329. The van der Waals surface area contributed by atoms with Gasteiger partial charge in [0.25, 0.3) is 0 Å². The largest absolute Gasteiger partial charge is 0.512 e. The first-order valence-electron chi connectivity index (χ1n) is 6.91. The van der Waals surface area contributed by atoms with Gasteiger partial charge in [0.05, 0.1) is 11.9 Å². The fourth-order valence-corrected chi connectivity index (χ4v) is 2.28. The van der Waals surface area contributed by atoms with Crippen molar-refractivity contribution in [2.45, 2.75) is 66.4 Å². The Morgan fingerprint density at radius 1 is 1.39 bits per heavy atom. The summed E-state index contributed by atoms with van der Waals surface area (Å²) < 4.78 is 6.13. The highest BCUT2D eigenvalue weighted by Crippen LogP contribution is 2.34. The molecule has 0 saturated carbocycles. The third kappa shape index (κ3) is 3.41. The lowest BCUT2D eigenvalue weighted by molar-refractivity contribution is 0.0893. The monoisotopic (exact) mass is 250 g/mol. The van der Waals surface area contributed by atoms with Gasteiger partial charge in [-0.1, -0.05) is 19.4 Å². The van der Waals surface area contributed by atoms with Gasteiger partial charge in [0, 0.05) is 5.57 Å². The smallest absolute Gasteiger partial charge is 0.125 e. The predicted octanol–water partition coefficient (Wildman–Crippen LogP) is 5.04. The molecule has 0 spiro atoms. The highest BCUT2D eigenvalue weighted by Gasteiger charge is 2.24. The van der Waals surface area contributed by atoms with Crippen molar-refractivity contribution in [1.29, 1.82) is 0 Å². The van der Waals surface area contributed by atoms with E-state index in [0.29, 0.717) is 11.9 Å². The van der Waals surface area contributed by atoms with Crippen LogP contribution >= 0.6 is 0 Å². The zero-order chi connectivity index (χ0) is 13.7. The molecule has 1 N–H and O–H groups in total. The van der Waals surface area contributed by atoms with Crippen LogP contribution in [0.2, 0.25) is 0 Å². The fourth-order valence-electron chi connectivity index (χ4n) is 2.28. The van der Waals surface area contributed by atoms with E-state index in [2.05, 4.69) is 19.9 Å². The summed E-state index contributed by atoms with van der Waals surface area (Å²) in [7, 11) is 0. The molecule has 0 fully saturated rings. The number of allylic oxidation sites excluding steroid dienone is 5. The van der Waals surface area contributed by atoms with Crippen molar-refractivity contribution in [3.63, 3.8) is 0 Å². The first-order chi connectivity index (χ1) is 8.51. The van der Waals surface area contributed by atoms with Crippen LogP contribution in [0.1, 0.15) is 60.3 Å². The zero-order valence-corrected chi connectivity index (χ0v) is 12.3. The van der Waals surface area contributed by atoms with Gasteiger partial charge in [-0.25, -0.2) is 0 Å². The first kappa shape index (κ1) is 14.9. The van der Waals surface area contributed by atoms with Gasteiger partial charge in [-0.05, 0) is 58.1 Å². The van der Waals surface area contributed by atoms with Gasteiger partial charge in [-0.3, -0.25) is 0 Å². The molecule has 0 radical (unpaired) electrons. The lowest BCUT2D eigenvalue weighted by Crippen LogP contribution is -2.20. The van der Waals surface area contributed by atoms with Gasteiger partial charge >= 0.3 is 0 Å². The van der Waals surface area contributed by atoms with Gasteiger partial charge in [0.1, 0.15) is 5.76 Å². The Bertz CT molecular complexity index is 382. The van der Waals surface area contributed by atoms with Crippen molar-refractivity contribution in [2.24, 2.45) is 0 Å². The highest BCUT2D eigenvalue weighted by molar-refractivity contribution is 5.42. The summed E-state index contributed by atoms with van der Waals surface area (Å²) in [6.07, 6.45) is 6.70. The molecule has 1 heterocycles. The van der Waals surface area contributed by atoms with Crippen LogP contribution in [0.15, 0.2) is 34.3 Å². The molecule has 1 rings (SSSR count). The molecule has 1 aliphatic rings. The van der Waals surface area contributed by atoms with Crippen LogP contribution in [0.3, 0.4) is 0 Å². The van der Waals surface area contributed by atoms with E-state index < -0.39 is 0 Å². The molecule has 18 heavy (non-hydrogen) atoms. The normalized spacial score (nSPS) is 22.7. The maximum atomic E-state index is 9.69. The van der Waals surface area contributed by atoms with Crippen LogP contribution in [0.4, 0.5) is 0 Å². The van der Waals surface area contributed by atoms with Crippen LogP contribution in [0, 0.1) is 0 Å². The summed E-state index contributed by atoms with van der Waals surface area (Å²) in [5, 5.41) is 9.69. The molecule has 0 amide bonds. The van der Waals surface area contributed by atoms with Crippen LogP contribution in [0.5, 0.6) is 0 Å². The van der Waals surface area contributed by atoms with Gasteiger partial charge in [0.2, 0.25) is 0 Å². The molecule has 1 atom stereocenters. The van der Waals surface area contributed by atoms with E-state index in [9.17, 15) is 5.11 Å². The van der Waals surface area contributed by atoms with E-state index >= 15 is 0 Å². The van der Waals surface area contributed by atoms with Crippen LogP contribution in [0.25, 0.3) is 0 Å². The molecule has 1 unspecified atom stereocenters. The third-order valence-electron chi connectivity index (χ3n) is 3.67. The minimum Gasteiger partial charge on any atom is -0.512 e. The van der Waals surface area contributed by atoms with Gasteiger partial charge in [0.15, 0.2) is 0 Å². The van der Waals surface area contributed by atoms with Crippen LogP contribution in [-0.2, 0) is 4.74 Å². The van der Waals surface area contributed by atoms with E-state index in [1.165, 1.54) is 0 Å². The van der Waals surface area contributed by atoms with Crippen molar-refractivity contribution in [2.75, 3.05) is 0 Å². The van der Waals surface area contributed by atoms with Crippen LogP contribution < -0.4 is 0 Å². The van der Waals surface area contributed by atoms with Crippen molar-refractivity contribution < 1.29 is 9.84 Å². The maximum Gasteiger partial charge on any atom is 0.125 e. The molecule has 0 saturated heterocycles. The van der Waals surface area contributed by atoms with Gasteiger partial charge in [-0.15, -0.1) is 0 Å². The Morgan fingerprint density at radius 3 is 2.56 bits per heavy atom. The third-order valence-corrected chi connectivity index (χ3v) is 3.67. The fraction of sp³-hybridized carbons (Fsp3) is 0.625. The van der Waals surface area contributed by atoms with E-state index in [4.69, 9.17) is 4.74 Å². The van der Waals surface area contributed by atoms with E-state index in [0.717, 1.165) is 48.2 Å². The van der Waals surface area contributed by atoms with Gasteiger partial charge in [-0.2, -0.15) is 0 Å². The second-order valence-electron chi connectivity index (χ2n) is 5.06. The highest BCUT2D eigenvalue weighted by atomic mass is 16.5. The Balaban J connectivity index is 3.11. The molecule has 2 nitrogen and oxygen atoms in total. The number of ether oxygens (including phenoxy) is 1. The van der Waals surface area contributed by atoms with Crippen molar-refractivity contribution in [3.05, 3.63) is 34.3 Å². The quantitative estimate of drug-likeness (QED) is 0.708. The standard InChI is InChI=1S/C16H26O2/c1-6-8-14-9-10-15(12(4)13(5)17)16(18-14)11(3)7-2/h7,14,17H,6,8-10H2,1-5H3/b11-7+,13-12+. The second-order valence-corrected chi connectivity index (χ2v) is 5.06.